The van der Waals surface area contributed by atoms with Crippen LogP contribution in [0, 0.1) is 5.41 Å². The second kappa shape index (κ2) is 6.13. The Kier molecular flexibility index (Phi) is 4.49. The zero-order chi connectivity index (χ0) is 14.6. The average Bonchev–Trinajstić information content (AvgIpc) is 2.46. The summed E-state index contributed by atoms with van der Waals surface area (Å²) in [5.74, 6) is 0.252. The Bertz CT molecular complexity index is 482. The molecule has 1 saturated heterocycles. The van der Waals surface area contributed by atoms with Crippen LogP contribution >= 0.6 is 0 Å². The van der Waals surface area contributed by atoms with Crippen molar-refractivity contribution in [2.75, 3.05) is 26.7 Å². The first-order valence-corrected chi connectivity index (χ1v) is 6.90. The third-order valence-corrected chi connectivity index (χ3v) is 3.81. The van der Waals surface area contributed by atoms with Crippen LogP contribution < -0.4 is 15.4 Å². The van der Waals surface area contributed by atoms with E-state index in [1.54, 1.807) is 12.1 Å². The number of ether oxygens (including phenoxy) is 1. The largest absolute Gasteiger partial charge is 0.507 e. The molecule has 0 saturated carbocycles. The fourth-order valence-corrected chi connectivity index (χ4v) is 2.48. The lowest BCUT2D eigenvalue weighted by Crippen LogP contribution is -2.45. The number of amides is 1. The van der Waals surface area contributed by atoms with E-state index in [9.17, 15) is 9.90 Å². The van der Waals surface area contributed by atoms with Crippen LogP contribution in [0.2, 0.25) is 0 Å². The first kappa shape index (κ1) is 14.7. The molecule has 2 rings (SSSR count). The predicted molar refractivity (Wildman–Crippen MR) is 77.2 cm³/mol. The van der Waals surface area contributed by atoms with Crippen LogP contribution in [0.1, 0.15) is 30.1 Å². The molecule has 0 bridgehead atoms. The van der Waals surface area contributed by atoms with Crippen LogP contribution in [0.5, 0.6) is 11.5 Å². The minimum absolute atomic E-state index is 0.0322. The molecule has 1 aliphatic rings. The highest BCUT2D eigenvalue weighted by atomic mass is 16.5. The topological polar surface area (TPSA) is 70.6 Å². The summed E-state index contributed by atoms with van der Waals surface area (Å²) >= 11 is 0. The van der Waals surface area contributed by atoms with E-state index in [4.69, 9.17) is 4.74 Å². The number of hydrogen-bond acceptors (Lipinski definition) is 4. The van der Waals surface area contributed by atoms with E-state index in [0.29, 0.717) is 12.3 Å². The van der Waals surface area contributed by atoms with Crippen LogP contribution in [0.25, 0.3) is 0 Å². The van der Waals surface area contributed by atoms with Gasteiger partial charge in [0.05, 0.1) is 12.7 Å². The maximum atomic E-state index is 12.2. The minimum Gasteiger partial charge on any atom is -0.507 e. The number of hydrogen-bond donors (Lipinski definition) is 3. The van der Waals surface area contributed by atoms with E-state index < -0.39 is 0 Å². The Hall–Kier alpha value is -1.75. The Morgan fingerprint density at radius 3 is 3.00 bits per heavy atom. The molecule has 1 unspecified atom stereocenters. The van der Waals surface area contributed by atoms with Crippen molar-refractivity contribution in [1.29, 1.82) is 0 Å². The number of piperidine rings is 1. The molecule has 0 radical (unpaired) electrons. The summed E-state index contributed by atoms with van der Waals surface area (Å²) < 4.78 is 5.07. The number of methoxy groups -OCH3 is 1. The third kappa shape index (κ3) is 3.42. The van der Waals surface area contributed by atoms with Gasteiger partial charge in [0.25, 0.3) is 5.91 Å². The van der Waals surface area contributed by atoms with Crippen molar-refractivity contribution in [3.05, 3.63) is 23.8 Å². The molecule has 20 heavy (non-hydrogen) atoms. The lowest BCUT2D eigenvalue weighted by atomic mass is 9.83. The molecule has 1 aromatic carbocycles. The van der Waals surface area contributed by atoms with Gasteiger partial charge in [-0.3, -0.25) is 4.79 Å². The fourth-order valence-electron chi connectivity index (χ4n) is 2.48. The first-order valence-electron chi connectivity index (χ1n) is 6.90. The molecule has 0 aliphatic carbocycles. The van der Waals surface area contributed by atoms with Crippen LogP contribution in [0.4, 0.5) is 0 Å². The van der Waals surface area contributed by atoms with Crippen LogP contribution in [-0.4, -0.2) is 37.8 Å². The second-order valence-electron chi connectivity index (χ2n) is 5.66. The second-order valence-corrected chi connectivity index (χ2v) is 5.66. The Balaban J connectivity index is 2.01. The summed E-state index contributed by atoms with van der Waals surface area (Å²) in [6.45, 7) is 4.69. The summed E-state index contributed by atoms with van der Waals surface area (Å²) in [4.78, 5) is 12.2. The van der Waals surface area contributed by atoms with Gasteiger partial charge in [-0.2, -0.15) is 0 Å². The summed E-state index contributed by atoms with van der Waals surface area (Å²) in [7, 11) is 1.53. The molecule has 1 aliphatic heterocycles. The molecule has 0 spiro atoms. The maximum absolute atomic E-state index is 12.2. The van der Waals surface area contributed by atoms with E-state index >= 15 is 0 Å². The van der Waals surface area contributed by atoms with Gasteiger partial charge in [-0.25, -0.2) is 0 Å². The summed E-state index contributed by atoms with van der Waals surface area (Å²) in [5, 5.41) is 16.0. The number of phenolic OH excluding ortho intramolecular Hbond substituents is 1. The van der Waals surface area contributed by atoms with Crippen LogP contribution in [0.3, 0.4) is 0 Å². The predicted octanol–water partition coefficient (Wildman–Crippen LogP) is 1.52. The number of aromatic hydroxyl groups is 1. The van der Waals surface area contributed by atoms with Gasteiger partial charge in [0.1, 0.15) is 11.5 Å². The van der Waals surface area contributed by atoms with Gasteiger partial charge in [0.15, 0.2) is 0 Å². The van der Waals surface area contributed by atoms with Gasteiger partial charge in [-0.05, 0) is 43.0 Å². The number of nitrogens with one attached hydrogen (secondary N) is 2. The molecule has 3 N–H and O–H groups in total. The minimum atomic E-state index is -0.270. The SMILES string of the molecule is COc1ccc(O)c(C(=O)NCC2(C)CCCNC2)c1. The van der Waals surface area contributed by atoms with Gasteiger partial charge in [-0.1, -0.05) is 6.92 Å². The van der Waals surface area contributed by atoms with E-state index in [1.807, 2.05) is 0 Å². The average molecular weight is 278 g/mol. The normalized spacial score (nSPS) is 22.3. The monoisotopic (exact) mass is 278 g/mol. The van der Waals surface area contributed by atoms with Crippen molar-refractivity contribution in [3.63, 3.8) is 0 Å². The van der Waals surface area contributed by atoms with Gasteiger partial charge in [0.2, 0.25) is 0 Å². The van der Waals surface area contributed by atoms with Crippen LogP contribution in [-0.2, 0) is 0 Å². The van der Waals surface area contributed by atoms with Crippen molar-refractivity contribution in [3.8, 4) is 11.5 Å². The zero-order valence-electron chi connectivity index (χ0n) is 12.0. The van der Waals surface area contributed by atoms with E-state index in [-0.39, 0.29) is 22.6 Å². The summed E-state index contributed by atoms with van der Waals surface area (Å²) in [6, 6.07) is 4.64. The van der Waals surface area contributed by atoms with Gasteiger partial charge in [-0.15, -0.1) is 0 Å². The van der Waals surface area contributed by atoms with E-state index in [1.165, 1.54) is 13.2 Å². The maximum Gasteiger partial charge on any atom is 0.255 e. The highest BCUT2D eigenvalue weighted by molar-refractivity contribution is 5.97. The molecule has 1 aromatic rings. The van der Waals surface area contributed by atoms with Gasteiger partial charge in [0, 0.05) is 13.1 Å². The molecular weight excluding hydrogens is 256 g/mol. The number of phenols is 1. The number of carbonyl (C=O) groups is 1. The Labute approximate surface area is 119 Å². The number of carbonyl (C=O) groups excluding carboxylic acids is 1. The summed E-state index contributed by atoms with van der Waals surface area (Å²) in [6.07, 6.45) is 2.21. The molecule has 1 amide bonds. The first-order chi connectivity index (χ1) is 9.54. The Morgan fingerprint density at radius 2 is 2.35 bits per heavy atom. The highest BCUT2D eigenvalue weighted by Crippen LogP contribution is 2.26. The van der Waals surface area contributed by atoms with Crippen molar-refractivity contribution >= 4 is 5.91 Å². The smallest absolute Gasteiger partial charge is 0.255 e. The highest BCUT2D eigenvalue weighted by Gasteiger charge is 2.27. The standard InChI is InChI=1S/C15H22N2O3/c1-15(6-3-7-16-9-15)10-17-14(19)12-8-11(20-2)4-5-13(12)18/h4-5,8,16,18H,3,6-7,9-10H2,1-2H3,(H,17,19). The van der Waals surface area contributed by atoms with Crippen molar-refractivity contribution in [2.45, 2.75) is 19.8 Å². The number of rotatable bonds is 4. The molecule has 5 nitrogen and oxygen atoms in total. The zero-order valence-corrected chi connectivity index (χ0v) is 12.0. The van der Waals surface area contributed by atoms with Crippen molar-refractivity contribution in [1.82, 2.24) is 10.6 Å². The van der Waals surface area contributed by atoms with Gasteiger partial charge >= 0.3 is 0 Å². The molecular formula is C15H22N2O3. The van der Waals surface area contributed by atoms with E-state index in [0.717, 1.165) is 25.9 Å². The molecule has 110 valence electrons. The molecule has 0 aromatic heterocycles. The molecule has 5 heteroatoms. The molecule has 1 heterocycles. The van der Waals surface area contributed by atoms with Crippen LogP contribution in [0.15, 0.2) is 18.2 Å². The fraction of sp³-hybridized carbons (Fsp3) is 0.533. The van der Waals surface area contributed by atoms with Gasteiger partial charge < -0.3 is 20.5 Å². The third-order valence-electron chi connectivity index (χ3n) is 3.81. The van der Waals surface area contributed by atoms with E-state index in [2.05, 4.69) is 17.6 Å². The lowest BCUT2D eigenvalue weighted by Gasteiger charge is -2.34. The summed E-state index contributed by atoms with van der Waals surface area (Å²) in [5.41, 5.74) is 0.319. The van der Waals surface area contributed by atoms with Crippen molar-refractivity contribution < 1.29 is 14.6 Å². The Morgan fingerprint density at radius 1 is 1.55 bits per heavy atom. The quantitative estimate of drug-likeness (QED) is 0.781. The number of benzene rings is 1. The molecule has 1 fully saturated rings. The molecule has 1 atom stereocenters. The lowest BCUT2D eigenvalue weighted by molar-refractivity contribution is 0.0921. The van der Waals surface area contributed by atoms with Crippen molar-refractivity contribution in [2.24, 2.45) is 5.41 Å².